The lowest BCUT2D eigenvalue weighted by Crippen LogP contribution is -1.97. The van der Waals surface area contributed by atoms with Gasteiger partial charge in [0.1, 0.15) is 0 Å². The van der Waals surface area contributed by atoms with E-state index in [1.54, 1.807) is 24.3 Å². The average molecular weight is 256 g/mol. The van der Waals surface area contributed by atoms with Gasteiger partial charge in [0.25, 0.3) is 0 Å². The zero-order chi connectivity index (χ0) is 14.7. The van der Waals surface area contributed by atoms with Crippen LogP contribution in [0.25, 0.3) is 0 Å². The topological polar surface area (TPSA) is 43.4 Å². The number of ketones is 2. The van der Waals surface area contributed by atoms with Crippen molar-refractivity contribution in [3.63, 3.8) is 0 Å². The van der Waals surface area contributed by atoms with Gasteiger partial charge in [-0.05, 0) is 12.2 Å². The van der Waals surface area contributed by atoms with E-state index in [1.165, 1.54) is 24.7 Å². The van der Waals surface area contributed by atoms with Crippen LogP contribution < -0.4 is 0 Å². The molecule has 0 bridgehead atoms. The van der Waals surface area contributed by atoms with E-state index in [2.05, 4.69) is 31.1 Å². The number of allylic oxidation sites excluding steroid dienone is 2. The number of hydrogen-bond acceptors (Lipinski definition) is 3. The van der Waals surface area contributed by atoms with Gasteiger partial charge in [0.05, 0.1) is 12.5 Å². The van der Waals surface area contributed by atoms with Crippen LogP contribution in [0, 0.1) is 0 Å². The van der Waals surface area contributed by atoms with Crippen LogP contribution in [-0.2, 0) is 4.74 Å². The molecule has 98 valence electrons. The van der Waals surface area contributed by atoms with Crippen LogP contribution in [0.15, 0.2) is 75.3 Å². The van der Waals surface area contributed by atoms with E-state index in [-0.39, 0.29) is 11.6 Å². The molecule has 1 rings (SSSR count). The molecule has 0 aliphatic carbocycles. The molecule has 0 radical (unpaired) electrons. The molecule has 0 aliphatic rings. The average Bonchev–Trinajstić information content (AvgIpc) is 2.47. The third-order valence-corrected chi connectivity index (χ3v) is 2.02. The second-order valence-corrected chi connectivity index (χ2v) is 3.18. The Morgan fingerprint density at radius 3 is 1.26 bits per heavy atom. The number of rotatable bonds is 6. The van der Waals surface area contributed by atoms with Crippen LogP contribution in [-0.4, -0.2) is 11.6 Å². The highest BCUT2D eigenvalue weighted by atomic mass is 16.5. The van der Waals surface area contributed by atoms with Gasteiger partial charge in [-0.1, -0.05) is 50.6 Å². The van der Waals surface area contributed by atoms with Crippen molar-refractivity contribution in [2.24, 2.45) is 0 Å². The minimum atomic E-state index is -0.150. The van der Waals surface area contributed by atoms with Crippen LogP contribution in [0.5, 0.6) is 0 Å². The van der Waals surface area contributed by atoms with Crippen LogP contribution in [0.1, 0.15) is 20.7 Å². The normalized spacial score (nSPS) is 8.21. The lowest BCUT2D eigenvalue weighted by molar-refractivity contribution is 0.103. The molecule has 19 heavy (non-hydrogen) atoms. The maximum absolute atomic E-state index is 11.1. The van der Waals surface area contributed by atoms with Crippen molar-refractivity contribution in [2.45, 2.75) is 0 Å². The van der Waals surface area contributed by atoms with Crippen molar-refractivity contribution >= 4 is 11.6 Å². The molecule has 0 aromatic heterocycles. The van der Waals surface area contributed by atoms with Crippen LogP contribution in [0.4, 0.5) is 0 Å². The van der Waals surface area contributed by atoms with Gasteiger partial charge in [-0.2, -0.15) is 0 Å². The van der Waals surface area contributed by atoms with Crippen molar-refractivity contribution in [1.82, 2.24) is 0 Å². The van der Waals surface area contributed by atoms with E-state index in [0.29, 0.717) is 11.1 Å². The molecule has 1 aromatic rings. The summed E-state index contributed by atoms with van der Waals surface area (Å²) in [5, 5.41) is 0. The van der Waals surface area contributed by atoms with Gasteiger partial charge >= 0.3 is 0 Å². The smallest absolute Gasteiger partial charge is 0.185 e. The second kappa shape index (κ2) is 9.36. The molecule has 0 amide bonds. The number of ether oxygens (including phenoxy) is 1. The van der Waals surface area contributed by atoms with Gasteiger partial charge < -0.3 is 4.74 Å². The van der Waals surface area contributed by atoms with Crippen LogP contribution in [0.3, 0.4) is 0 Å². The highest BCUT2D eigenvalue weighted by Crippen LogP contribution is 2.06. The Hall–Kier alpha value is -2.68. The first kappa shape index (κ1) is 16.3. The molecular formula is C16H16O3. The Morgan fingerprint density at radius 2 is 1.11 bits per heavy atom. The summed E-state index contributed by atoms with van der Waals surface area (Å²) in [6, 6.07) is 6.39. The molecule has 0 unspecified atom stereocenters. The standard InChI is InChI=1S/C12H10O2.C4H6O/c1-3-11(13)9-5-7-10(8-6-9)12(14)4-2;1-3-5-4-2/h3-8H,1-2H2;3-4H,1-2H2. The zero-order valence-corrected chi connectivity index (χ0v) is 10.7. The van der Waals surface area contributed by atoms with Crippen molar-refractivity contribution in [2.75, 3.05) is 0 Å². The Bertz CT molecular complexity index is 436. The predicted octanol–water partition coefficient (Wildman–Crippen LogP) is 3.71. The van der Waals surface area contributed by atoms with E-state index in [4.69, 9.17) is 0 Å². The molecule has 0 aliphatic heterocycles. The highest BCUT2D eigenvalue weighted by molar-refractivity contribution is 6.07. The molecule has 0 spiro atoms. The second-order valence-electron chi connectivity index (χ2n) is 3.18. The Morgan fingerprint density at radius 1 is 0.789 bits per heavy atom. The van der Waals surface area contributed by atoms with E-state index in [9.17, 15) is 9.59 Å². The fourth-order valence-electron chi connectivity index (χ4n) is 1.10. The predicted molar refractivity (Wildman–Crippen MR) is 77.0 cm³/mol. The van der Waals surface area contributed by atoms with Crippen LogP contribution >= 0.6 is 0 Å². The molecule has 3 nitrogen and oxygen atoms in total. The third-order valence-electron chi connectivity index (χ3n) is 2.02. The minimum Gasteiger partial charge on any atom is -0.474 e. The molecule has 0 saturated heterocycles. The zero-order valence-electron chi connectivity index (χ0n) is 10.7. The summed E-state index contributed by atoms with van der Waals surface area (Å²) < 4.78 is 4.36. The monoisotopic (exact) mass is 256 g/mol. The van der Waals surface area contributed by atoms with Crippen LogP contribution in [0.2, 0.25) is 0 Å². The largest absolute Gasteiger partial charge is 0.474 e. The van der Waals surface area contributed by atoms with E-state index >= 15 is 0 Å². The van der Waals surface area contributed by atoms with Crippen molar-refractivity contribution in [3.8, 4) is 0 Å². The molecule has 3 heteroatoms. The minimum absolute atomic E-state index is 0.150. The summed E-state index contributed by atoms with van der Waals surface area (Å²) in [5.74, 6) is -0.301. The number of carbonyl (C=O) groups excluding carboxylic acids is 2. The summed E-state index contributed by atoms with van der Waals surface area (Å²) in [6.07, 6.45) is 5.11. The Kier molecular flexibility index (Phi) is 8.04. The maximum Gasteiger partial charge on any atom is 0.185 e. The van der Waals surface area contributed by atoms with E-state index in [1.807, 2.05) is 0 Å². The lowest BCUT2D eigenvalue weighted by Gasteiger charge is -1.97. The molecule has 1 aromatic carbocycles. The van der Waals surface area contributed by atoms with Gasteiger partial charge in [-0.15, -0.1) is 0 Å². The number of hydrogen-bond donors (Lipinski definition) is 0. The Balaban J connectivity index is 0.000000555. The van der Waals surface area contributed by atoms with E-state index in [0.717, 1.165) is 0 Å². The third kappa shape index (κ3) is 5.98. The lowest BCUT2D eigenvalue weighted by atomic mass is 10.1. The molecule has 0 heterocycles. The first-order valence-corrected chi connectivity index (χ1v) is 5.41. The molecule has 0 N–H and O–H groups in total. The summed E-state index contributed by atoms with van der Waals surface area (Å²) in [7, 11) is 0. The molecule has 0 fully saturated rings. The van der Waals surface area contributed by atoms with Gasteiger partial charge in [-0.25, -0.2) is 0 Å². The van der Waals surface area contributed by atoms with Crippen molar-refractivity contribution < 1.29 is 14.3 Å². The summed E-state index contributed by atoms with van der Waals surface area (Å²) in [5.41, 5.74) is 1.06. The first-order chi connectivity index (χ1) is 9.10. The van der Waals surface area contributed by atoms with Crippen molar-refractivity contribution in [3.05, 3.63) is 86.4 Å². The van der Waals surface area contributed by atoms with Gasteiger partial charge in [0.15, 0.2) is 11.6 Å². The number of carbonyl (C=O) groups is 2. The summed E-state index contributed by atoms with van der Waals surface area (Å²) >= 11 is 0. The first-order valence-electron chi connectivity index (χ1n) is 5.41. The molecule has 0 atom stereocenters. The number of benzene rings is 1. The fourth-order valence-corrected chi connectivity index (χ4v) is 1.10. The van der Waals surface area contributed by atoms with E-state index < -0.39 is 0 Å². The highest BCUT2D eigenvalue weighted by Gasteiger charge is 2.03. The summed E-state index contributed by atoms with van der Waals surface area (Å²) in [4.78, 5) is 22.3. The fraction of sp³-hybridized carbons (Fsp3) is 0. The SMILES string of the molecule is C=CC(=O)c1ccc(C(=O)C=C)cc1.C=COC=C. The maximum atomic E-state index is 11.1. The molecular weight excluding hydrogens is 240 g/mol. The Labute approximate surface area is 113 Å². The van der Waals surface area contributed by atoms with Gasteiger partial charge in [-0.3, -0.25) is 9.59 Å². The molecule has 0 saturated carbocycles. The van der Waals surface area contributed by atoms with Gasteiger partial charge in [0, 0.05) is 11.1 Å². The quantitative estimate of drug-likeness (QED) is 0.442. The van der Waals surface area contributed by atoms with Crippen molar-refractivity contribution in [1.29, 1.82) is 0 Å². The van der Waals surface area contributed by atoms with Gasteiger partial charge in [0.2, 0.25) is 0 Å². The summed E-state index contributed by atoms with van der Waals surface area (Å²) in [6.45, 7) is 13.3.